The SMILES string of the molecule is COCCOc1ccccc1C(=O)c1cc(Br)cs1. The van der Waals surface area contributed by atoms with Crippen LogP contribution in [0, 0.1) is 0 Å². The largest absolute Gasteiger partial charge is 0.490 e. The molecule has 2 rings (SSSR count). The van der Waals surface area contributed by atoms with Gasteiger partial charge in [0.1, 0.15) is 12.4 Å². The van der Waals surface area contributed by atoms with E-state index < -0.39 is 0 Å². The quantitative estimate of drug-likeness (QED) is 0.593. The second kappa shape index (κ2) is 6.84. The number of hydrogen-bond acceptors (Lipinski definition) is 4. The van der Waals surface area contributed by atoms with Gasteiger partial charge in [-0.15, -0.1) is 11.3 Å². The Labute approximate surface area is 124 Å². The van der Waals surface area contributed by atoms with E-state index in [0.29, 0.717) is 29.4 Å². The van der Waals surface area contributed by atoms with Crippen molar-refractivity contribution in [2.75, 3.05) is 20.3 Å². The number of rotatable bonds is 6. The minimum absolute atomic E-state index is 0.0243. The lowest BCUT2D eigenvalue weighted by Gasteiger charge is -2.09. The van der Waals surface area contributed by atoms with E-state index in [0.717, 1.165) is 4.47 Å². The van der Waals surface area contributed by atoms with E-state index in [1.807, 2.05) is 23.6 Å². The van der Waals surface area contributed by atoms with Crippen molar-refractivity contribution in [1.29, 1.82) is 0 Å². The number of thiophene rings is 1. The maximum absolute atomic E-state index is 12.4. The smallest absolute Gasteiger partial charge is 0.206 e. The number of ketones is 1. The molecular weight excluding hydrogens is 328 g/mol. The Kier molecular flexibility index (Phi) is 5.13. The zero-order valence-corrected chi connectivity index (χ0v) is 12.8. The molecule has 0 aliphatic rings. The third-order valence-corrected chi connectivity index (χ3v) is 4.16. The standard InChI is InChI=1S/C14H13BrO3S/c1-17-6-7-18-12-5-3-2-4-11(12)14(16)13-8-10(15)9-19-13/h2-5,8-9H,6-7H2,1H3. The number of carbonyl (C=O) groups is 1. The summed E-state index contributed by atoms with van der Waals surface area (Å²) < 4.78 is 11.4. The van der Waals surface area contributed by atoms with Crippen molar-refractivity contribution in [2.45, 2.75) is 0 Å². The zero-order chi connectivity index (χ0) is 13.7. The number of halogens is 1. The minimum atomic E-state index is -0.0243. The second-order valence-electron chi connectivity index (χ2n) is 3.80. The topological polar surface area (TPSA) is 35.5 Å². The molecule has 0 aliphatic carbocycles. The molecule has 5 heteroatoms. The molecule has 3 nitrogen and oxygen atoms in total. The summed E-state index contributed by atoms with van der Waals surface area (Å²) in [5.41, 5.74) is 0.577. The number of methoxy groups -OCH3 is 1. The van der Waals surface area contributed by atoms with Crippen molar-refractivity contribution in [1.82, 2.24) is 0 Å². The van der Waals surface area contributed by atoms with Gasteiger partial charge in [-0.2, -0.15) is 0 Å². The van der Waals surface area contributed by atoms with Gasteiger partial charge in [-0.1, -0.05) is 12.1 Å². The van der Waals surface area contributed by atoms with Gasteiger partial charge in [-0.05, 0) is 34.1 Å². The molecule has 2 aromatic rings. The molecule has 0 unspecified atom stereocenters. The molecule has 0 radical (unpaired) electrons. The van der Waals surface area contributed by atoms with Gasteiger partial charge < -0.3 is 9.47 Å². The van der Waals surface area contributed by atoms with Crippen LogP contribution in [0.15, 0.2) is 40.2 Å². The maximum atomic E-state index is 12.4. The van der Waals surface area contributed by atoms with Gasteiger partial charge in [0.05, 0.1) is 17.0 Å². The fourth-order valence-corrected chi connectivity index (χ4v) is 2.96. The second-order valence-corrected chi connectivity index (χ2v) is 5.62. The van der Waals surface area contributed by atoms with Crippen LogP contribution in [-0.2, 0) is 4.74 Å². The molecule has 0 bridgehead atoms. The van der Waals surface area contributed by atoms with Crippen LogP contribution in [0.5, 0.6) is 5.75 Å². The minimum Gasteiger partial charge on any atom is -0.490 e. The van der Waals surface area contributed by atoms with Gasteiger partial charge in [-0.3, -0.25) is 4.79 Å². The highest BCUT2D eigenvalue weighted by atomic mass is 79.9. The Balaban J connectivity index is 2.21. The van der Waals surface area contributed by atoms with Gasteiger partial charge in [0, 0.05) is 17.0 Å². The molecule has 1 aromatic heterocycles. The molecule has 0 saturated heterocycles. The third-order valence-electron chi connectivity index (χ3n) is 2.47. The first-order valence-electron chi connectivity index (χ1n) is 5.72. The van der Waals surface area contributed by atoms with Crippen LogP contribution in [0.2, 0.25) is 0 Å². The highest BCUT2D eigenvalue weighted by molar-refractivity contribution is 9.10. The molecule has 100 valence electrons. The third kappa shape index (κ3) is 3.65. The summed E-state index contributed by atoms with van der Waals surface area (Å²) >= 11 is 4.77. The molecule has 19 heavy (non-hydrogen) atoms. The van der Waals surface area contributed by atoms with Crippen LogP contribution in [0.4, 0.5) is 0 Å². The first-order valence-corrected chi connectivity index (χ1v) is 7.39. The van der Waals surface area contributed by atoms with Crippen LogP contribution < -0.4 is 4.74 Å². The van der Waals surface area contributed by atoms with Crippen molar-refractivity contribution in [3.63, 3.8) is 0 Å². The monoisotopic (exact) mass is 340 g/mol. The number of hydrogen-bond donors (Lipinski definition) is 0. The van der Waals surface area contributed by atoms with Crippen LogP contribution >= 0.6 is 27.3 Å². The molecule has 0 spiro atoms. The summed E-state index contributed by atoms with van der Waals surface area (Å²) in [5.74, 6) is 0.567. The summed E-state index contributed by atoms with van der Waals surface area (Å²) in [5, 5.41) is 1.89. The fraction of sp³-hybridized carbons (Fsp3) is 0.214. The van der Waals surface area contributed by atoms with E-state index in [4.69, 9.17) is 9.47 Å². The van der Waals surface area contributed by atoms with Crippen LogP contribution in [0.3, 0.4) is 0 Å². The molecule has 0 saturated carbocycles. The van der Waals surface area contributed by atoms with E-state index >= 15 is 0 Å². The van der Waals surface area contributed by atoms with Crippen LogP contribution in [0.25, 0.3) is 0 Å². The molecule has 0 aliphatic heterocycles. The predicted octanol–water partition coefficient (Wildman–Crippen LogP) is 3.77. The van der Waals surface area contributed by atoms with Crippen molar-refractivity contribution in [3.05, 3.63) is 50.6 Å². The Hall–Kier alpha value is -1.17. The van der Waals surface area contributed by atoms with E-state index in [9.17, 15) is 4.79 Å². The highest BCUT2D eigenvalue weighted by Crippen LogP contribution is 2.26. The van der Waals surface area contributed by atoms with Gasteiger partial charge >= 0.3 is 0 Å². The molecule has 0 fully saturated rings. The molecule has 1 aromatic carbocycles. The normalized spacial score (nSPS) is 10.4. The number of para-hydroxylation sites is 1. The molecular formula is C14H13BrO3S. The summed E-state index contributed by atoms with van der Waals surface area (Å²) in [7, 11) is 1.61. The van der Waals surface area contributed by atoms with Gasteiger partial charge in [0.2, 0.25) is 5.78 Å². The number of benzene rings is 1. The van der Waals surface area contributed by atoms with Crippen LogP contribution in [0.1, 0.15) is 15.2 Å². The van der Waals surface area contributed by atoms with Gasteiger partial charge in [0.15, 0.2) is 0 Å². The fourth-order valence-electron chi connectivity index (χ4n) is 1.58. The Morgan fingerprint density at radius 2 is 2.11 bits per heavy atom. The lowest BCUT2D eigenvalue weighted by Crippen LogP contribution is -2.08. The lowest BCUT2D eigenvalue weighted by molar-refractivity contribution is 0.103. The Morgan fingerprint density at radius 3 is 2.79 bits per heavy atom. The van der Waals surface area contributed by atoms with Gasteiger partial charge in [0.25, 0.3) is 0 Å². The number of carbonyl (C=O) groups excluding carboxylic acids is 1. The first kappa shape index (κ1) is 14.2. The maximum Gasteiger partial charge on any atom is 0.206 e. The van der Waals surface area contributed by atoms with Crippen LogP contribution in [-0.4, -0.2) is 26.1 Å². The Bertz CT molecular complexity index is 565. The van der Waals surface area contributed by atoms with E-state index in [-0.39, 0.29) is 5.78 Å². The summed E-state index contributed by atoms with van der Waals surface area (Å²) in [6.45, 7) is 0.919. The van der Waals surface area contributed by atoms with Crippen molar-refractivity contribution >= 4 is 33.0 Å². The average Bonchev–Trinajstić information content (AvgIpc) is 2.85. The van der Waals surface area contributed by atoms with Crippen molar-refractivity contribution in [2.24, 2.45) is 0 Å². The molecule has 0 N–H and O–H groups in total. The van der Waals surface area contributed by atoms with E-state index in [1.54, 1.807) is 19.2 Å². The summed E-state index contributed by atoms with van der Waals surface area (Å²) in [6.07, 6.45) is 0. The predicted molar refractivity (Wildman–Crippen MR) is 79.3 cm³/mol. The van der Waals surface area contributed by atoms with Gasteiger partial charge in [-0.25, -0.2) is 0 Å². The molecule has 0 amide bonds. The van der Waals surface area contributed by atoms with Crippen molar-refractivity contribution < 1.29 is 14.3 Å². The highest BCUT2D eigenvalue weighted by Gasteiger charge is 2.15. The van der Waals surface area contributed by atoms with E-state index in [2.05, 4.69) is 15.9 Å². The zero-order valence-electron chi connectivity index (χ0n) is 10.4. The molecule has 1 heterocycles. The number of ether oxygens (including phenoxy) is 2. The first-order chi connectivity index (χ1) is 9.22. The lowest BCUT2D eigenvalue weighted by atomic mass is 10.1. The van der Waals surface area contributed by atoms with E-state index in [1.165, 1.54) is 11.3 Å². The van der Waals surface area contributed by atoms with Crippen molar-refractivity contribution in [3.8, 4) is 5.75 Å². The summed E-state index contributed by atoms with van der Waals surface area (Å²) in [4.78, 5) is 13.1. The average molecular weight is 341 g/mol. The Morgan fingerprint density at radius 1 is 1.32 bits per heavy atom. The molecule has 0 atom stereocenters. The summed E-state index contributed by atoms with van der Waals surface area (Å²) in [6, 6.07) is 9.07.